The van der Waals surface area contributed by atoms with E-state index in [4.69, 9.17) is 11.6 Å². The predicted octanol–water partition coefficient (Wildman–Crippen LogP) is 3.52. The van der Waals surface area contributed by atoms with E-state index in [1.807, 2.05) is 37.3 Å². The van der Waals surface area contributed by atoms with Crippen molar-refractivity contribution in [3.8, 4) is 0 Å². The Bertz CT molecular complexity index is 1010. The first-order chi connectivity index (χ1) is 12.0. The third kappa shape index (κ3) is 2.74. The van der Waals surface area contributed by atoms with Crippen LogP contribution in [0.5, 0.6) is 0 Å². The van der Waals surface area contributed by atoms with Crippen LogP contribution in [0.25, 0.3) is 11.0 Å². The van der Waals surface area contributed by atoms with Gasteiger partial charge in [-0.1, -0.05) is 29.8 Å². The largest absolute Gasteiger partial charge is 0.324 e. The van der Waals surface area contributed by atoms with E-state index in [9.17, 15) is 9.59 Å². The first kappa shape index (κ1) is 15.7. The van der Waals surface area contributed by atoms with E-state index in [2.05, 4.69) is 15.6 Å². The maximum Gasteiger partial charge on any atom is 0.248 e. The van der Waals surface area contributed by atoms with E-state index in [1.54, 1.807) is 16.7 Å². The van der Waals surface area contributed by atoms with Crippen LogP contribution >= 0.6 is 11.6 Å². The maximum absolute atomic E-state index is 12.8. The third-order valence-electron chi connectivity index (χ3n) is 4.28. The average Bonchev–Trinajstić information content (AvgIpc) is 2.95. The van der Waals surface area contributed by atoms with E-state index in [0.717, 1.165) is 16.6 Å². The Hall–Kier alpha value is -2.86. The SMILES string of the molecule is Cc1ccc(NC(=O)[C@@H]2CC(=O)Nc3nc4ccccc4n32)cc1Cl. The van der Waals surface area contributed by atoms with Gasteiger partial charge in [0.1, 0.15) is 6.04 Å². The summed E-state index contributed by atoms with van der Waals surface area (Å²) in [5.41, 5.74) is 3.06. The molecule has 25 heavy (non-hydrogen) atoms. The normalized spacial score (nSPS) is 16.4. The summed E-state index contributed by atoms with van der Waals surface area (Å²) in [6.07, 6.45) is 0.0543. The smallest absolute Gasteiger partial charge is 0.248 e. The summed E-state index contributed by atoms with van der Waals surface area (Å²) < 4.78 is 1.77. The summed E-state index contributed by atoms with van der Waals surface area (Å²) in [4.78, 5) is 29.2. The van der Waals surface area contributed by atoms with Gasteiger partial charge >= 0.3 is 0 Å². The molecule has 0 spiro atoms. The molecular formula is C18H15ClN4O2. The predicted molar refractivity (Wildman–Crippen MR) is 96.8 cm³/mol. The number of nitrogens with zero attached hydrogens (tertiary/aromatic N) is 2. The molecule has 0 fully saturated rings. The third-order valence-corrected chi connectivity index (χ3v) is 4.69. The molecule has 0 aliphatic carbocycles. The first-order valence-corrected chi connectivity index (χ1v) is 8.24. The molecule has 1 aliphatic heterocycles. The average molecular weight is 355 g/mol. The molecule has 2 heterocycles. The van der Waals surface area contributed by atoms with Gasteiger partial charge in [-0.15, -0.1) is 0 Å². The minimum atomic E-state index is -0.670. The highest BCUT2D eigenvalue weighted by Gasteiger charge is 2.32. The number of amides is 2. The van der Waals surface area contributed by atoms with Gasteiger partial charge in [0.2, 0.25) is 17.8 Å². The molecule has 0 bridgehead atoms. The molecule has 126 valence electrons. The Morgan fingerprint density at radius 1 is 1.32 bits per heavy atom. The van der Waals surface area contributed by atoms with Crippen LogP contribution in [-0.2, 0) is 9.59 Å². The van der Waals surface area contributed by atoms with Crippen LogP contribution < -0.4 is 10.6 Å². The van der Waals surface area contributed by atoms with Crippen LogP contribution in [0.2, 0.25) is 5.02 Å². The van der Waals surface area contributed by atoms with Crippen molar-refractivity contribution in [2.75, 3.05) is 10.6 Å². The Kier molecular flexibility index (Phi) is 3.69. The second kappa shape index (κ2) is 5.89. The standard InChI is InChI=1S/C18H15ClN4O2/c1-10-6-7-11(8-12(10)19)20-17(25)15-9-16(24)22-18-21-13-4-2-3-5-14(13)23(15)18/h2-8,15H,9H2,1H3,(H,20,25)(H,21,22,24)/t15-/m0/s1. The summed E-state index contributed by atoms with van der Waals surface area (Å²) in [7, 11) is 0. The van der Waals surface area contributed by atoms with E-state index < -0.39 is 6.04 Å². The molecule has 0 saturated heterocycles. The zero-order chi connectivity index (χ0) is 17.6. The zero-order valence-electron chi connectivity index (χ0n) is 13.4. The minimum Gasteiger partial charge on any atom is -0.324 e. The van der Waals surface area contributed by atoms with Gasteiger partial charge in [-0.3, -0.25) is 19.5 Å². The van der Waals surface area contributed by atoms with Gasteiger partial charge in [-0.2, -0.15) is 0 Å². The number of hydrogen-bond acceptors (Lipinski definition) is 3. The van der Waals surface area contributed by atoms with Gasteiger partial charge in [0.25, 0.3) is 0 Å². The number of fused-ring (bicyclic) bond motifs is 3. The minimum absolute atomic E-state index is 0.0543. The van der Waals surface area contributed by atoms with E-state index in [-0.39, 0.29) is 18.2 Å². The van der Waals surface area contributed by atoms with Crippen molar-refractivity contribution in [2.45, 2.75) is 19.4 Å². The van der Waals surface area contributed by atoms with Gasteiger partial charge in [0.05, 0.1) is 17.5 Å². The Morgan fingerprint density at radius 2 is 2.12 bits per heavy atom. The van der Waals surface area contributed by atoms with E-state index in [1.165, 1.54) is 0 Å². The molecule has 0 unspecified atom stereocenters. The topological polar surface area (TPSA) is 76.0 Å². The highest BCUT2D eigenvalue weighted by molar-refractivity contribution is 6.31. The lowest BCUT2D eigenvalue weighted by molar-refractivity contribution is -0.124. The van der Waals surface area contributed by atoms with Crippen molar-refractivity contribution in [3.63, 3.8) is 0 Å². The molecule has 1 atom stereocenters. The first-order valence-electron chi connectivity index (χ1n) is 7.87. The molecule has 2 aromatic carbocycles. The van der Waals surface area contributed by atoms with Crippen molar-refractivity contribution < 1.29 is 9.59 Å². The molecule has 6 nitrogen and oxygen atoms in total. The highest BCUT2D eigenvalue weighted by Crippen LogP contribution is 2.31. The molecule has 7 heteroatoms. The second-order valence-electron chi connectivity index (χ2n) is 6.02. The van der Waals surface area contributed by atoms with Crippen LogP contribution in [0.3, 0.4) is 0 Å². The van der Waals surface area contributed by atoms with Crippen molar-refractivity contribution >= 4 is 46.1 Å². The number of nitrogens with one attached hydrogen (secondary N) is 2. The summed E-state index contributed by atoms with van der Waals surface area (Å²) in [6.45, 7) is 1.89. The van der Waals surface area contributed by atoms with E-state index >= 15 is 0 Å². The summed E-state index contributed by atoms with van der Waals surface area (Å²) in [5.74, 6) is -0.122. The fourth-order valence-corrected chi connectivity index (χ4v) is 3.18. The Labute approximate surface area is 148 Å². The molecule has 3 aromatic rings. The van der Waals surface area contributed by atoms with Crippen molar-refractivity contribution in [2.24, 2.45) is 0 Å². The van der Waals surface area contributed by atoms with Gasteiger partial charge in [-0.05, 0) is 36.8 Å². The van der Waals surface area contributed by atoms with Crippen molar-refractivity contribution in [1.82, 2.24) is 9.55 Å². The van der Waals surface area contributed by atoms with Gasteiger partial charge in [0.15, 0.2) is 0 Å². The number of aryl methyl sites for hydroxylation is 1. The monoisotopic (exact) mass is 354 g/mol. The van der Waals surface area contributed by atoms with Crippen molar-refractivity contribution in [3.05, 3.63) is 53.1 Å². The van der Waals surface area contributed by atoms with Crippen LogP contribution in [0, 0.1) is 6.92 Å². The fourth-order valence-electron chi connectivity index (χ4n) is 3.00. The Balaban J connectivity index is 1.71. The number of carbonyl (C=O) groups is 2. The maximum atomic E-state index is 12.8. The molecule has 1 aromatic heterocycles. The van der Waals surface area contributed by atoms with Crippen molar-refractivity contribution in [1.29, 1.82) is 0 Å². The van der Waals surface area contributed by atoms with Crippen LogP contribution in [-0.4, -0.2) is 21.4 Å². The number of imidazole rings is 1. The number of halogens is 1. The number of carbonyl (C=O) groups excluding carboxylic acids is 2. The molecule has 0 saturated carbocycles. The molecule has 4 rings (SSSR count). The fraction of sp³-hybridized carbons (Fsp3) is 0.167. The number of benzene rings is 2. The van der Waals surface area contributed by atoms with Crippen LogP contribution in [0.15, 0.2) is 42.5 Å². The number of para-hydroxylation sites is 2. The van der Waals surface area contributed by atoms with Gasteiger partial charge < -0.3 is 5.32 Å². The molecular weight excluding hydrogens is 340 g/mol. The lowest BCUT2D eigenvalue weighted by atomic mass is 10.1. The second-order valence-corrected chi connectivity index (χ2v) is 6.42. The Morgan fingerprint density at radius 3 is 2.92 bits per heavy atom. The lowest BCUT2D eigenvalue weighted by Gasteiger charge is -2.25. The summed E-state index contributed by atoms with van der Waals surface area (Å²) >= 11 is 6.12. The number of hydrogen-bond donors (Lipinski definition) is 2. The van der Waals surface area contributed by atoms with Crippen LogP contribution in [0.1, 0.15) is 18.0 Å². The lowest BCUT2D eigenvalue weighted by Crippen LogP contribution is -2.35. The summed E-state index contributed by atoms with van der Waals surface area (Å²) in [6, 6.07) is 12.1. The summed E-state index contributed by atoms with van der Waals surface area (Å²) in [5, 5.41) is 6.15. The van der Waals surface area contributed by atoms with Gasteiger partial charge in [-0.25, -0.2) is 4.98 Å². The van der Waals surface area contributed by atoms with E-state index in [0.29, 0.717) is 16.7 Å². The molecule has 2 amide bonds. The molecule has 1 aliphatic rings. The zero-order valence-corrected chi connectivity index (χ0v) is 14.2. The number of anilines is 2. The highest BCUT2D eigenvalue weighted by atomic mass is 35.5. The quantitative estimate of drug-likeness (QED) is 0.739. The molecule has 0 radical (unpaired) electrons. The van der Waals surface area contributed by atoms with Crippen LogP contribution in [0.4, 0.5) is 11.6 Å². The van der Waals surface area contributed by atoms with Gasteiger partial charge in [0, 0.05) is 10.7 Å². The number of rotatable bonds is 2. The number of aromatic nitrogens is 2. The molecule has 2 N–H and O–H groups in total.